The van der Waals surface area contributed by atoms with Gasteiger partial charge in [-0.05, 0) is 63.5 Å². The first-order valence-corrected chi connectivity index (χ1v) is 12.0. The molecule has 33 heavy (non-hydrogen) atoms. The Morgan fingerprint density at radius 2 is 1.94 bits per heavy atom. The molecule has 7 nitrogen and oxygen atoms in total. The Kier molecular flexibility index (Phi) is 4.83. The molecule has 2 aromatic heterocycles. The second-order valence-electron chi connectivity index (χ2n) is 10.1. The van der Waals surface area contributed by atoms with Crippen LogP contribution in [0.1, 0.15) is 72.6 Å². The SMILES string of the molecule is CC1(C)CC(NC(=O)c2cnn(-c3ncc4c(n3)-c3ccccc3CC4)c2C2CC2)CCO1. The van der Waals surface area contributed by atoms with E-state index in [0.717, 1.165) is 55.5 Å². The van der Waals surface area contributed by atoms with Crippen LogP contribution in [0, 0.1) is 0 Å². The lowest BCUT2D eigenvalue weighted by molar-refractivity contribution is -0.0615. The highest BCUT2D eigenvalue weighted by atomic mass is 16.5. The number of nitrogens with one attached hydrogen (secondary N) is 1. The molecule has 2 aliphatic carbocycles. The van der Waals surface area contributed by atoms with Crippen LogP contribution < -0.4 is 5.32 Å². The van der Waals surface area contributed by atoms with Gasteiger partial charge < -0.3 is 10.1 Å². The number of aryl methyl sites for hydroxylation is 2. The fourth-order valence-corrected chi connectivity index (χ4v) is 5.21. The van der Waals surface area contributed by atoms with Crippen molar-refractivity contribution in [2.24, 2.45) is 0 Å². The fraction of sp³-hybridized carbons (Fsp3) is 0.462. The molecule has 1 aromatic carbocycles. The lowest BCUT2D eigenvalue weighted by Gasteiger charge is -2.35. The predicted octanol–water partition coefficient (Wildman–Crippen LogP) is 3.99. The normalized spacial score (nSPS) is 21.2. The Morgan fingerprint density at radius 1 is 1.12 bits per heavy atom. The Bertz CT molecular complexity index is 1230. The number of ether oxygens (including phenoxy) is 1. The van der Waals surface area contributed by atoms with Gasteiger partial charge in [-0.15, -0.1) is 0 Å². The fourth-order valence-electron chi connectivity index (χ4n) is 5.21. The van der Waals surface area contributed by atoms with Gasteiger partial charge in [0.1, 0.15) is 0 Å². The van der Waals surface area contributed by atoms with Crippen LogP contribution in [-0.4, -0.2) is 43.9 Å². The van der Waals surface area contributed by atoms with Crippen molar-refractivity contribution in [2.45, 2.75) is 69.9 Å². The molecule has 1 saturated heterocycles. The minimum absolute atomic E-state index is 0.0610. The summed E-state index contributed by atoms with van der Waals surface area (Å²) in [5.41, 5.74) is 5.99. The van der Waals surface area contributed by atoms with Gasteiger partial charge in [-0.3, -0.25) is 4.79 Å². The molecule has 1 N–H and O–H groups in total. The molecule has 6 rings (SSSR count). The largest absolute Gasteiger partial charge is 0.375 e. The average Bonchev–Trinajstić information content (AvgIpc) is 3.55. The van der Waals surface area contributed by atoms with Gasteiger partial charge in [0.25, 0.3) is 11.9 Å². The van der Waals surface area contributed by atoms with Crippen LogP contribution in [0.25, 0.3) is 17.2 Å². The maximum atomic E-state index is 13.3. The molecule has 0 spiro atoms. The average molecular weight is 444 g/mol. The van der Waals surface area contributed by atoms with E-state index in [9.17, 15) is 4.79 Å². The Labute approximate surface area is 193 Å². The van der Waals surface area contributed by atoms with Crippen molar-refractivity contribution < 1.29 is 9.53 Å². The number of nitrogens with zero attached hydrogens (tertiary/aromatic N) is 4. The molecule has 1 aliphatic heterocycles. The first-order valence-electron chi connectivity index (χ1n) is 12.0. The summed E-state index contributed by atoms with van der Waals surface area (Å²) in [6, 6.07) is 8.54. The molecule has 3 heterocycles. The van der Waals surface area contributed by atoms with Crippen LogP contribution in [-0.2, 0) is 17.6 Å². The van der Waals surface area contributed by atoms with Crippen molar-refractivity contribution in [1.82, 2.24) is 25.1 Å². The molecule has 0 radical (unpaired) electrons. The van der Waals surface area contributed by atoms with E-state index >= 15 is 0 Å². The summed E-state index contributed by atoms with van der Waals surface area (Å²) in [6.07, 6.45) is 9.31. The van der Waals surface area contributed by atoms with Gasteiger partial charge in [-0.25, -0.2) is 14.6 Å². The van der Waals surface area contributed by atoms with Crippen LogP contribution >= 0.6 is 0 Å². The van der Waals surface area contributed by atoms with Crippen molar-refractivity contribution in [2.75, 3.05) is 6.61 Å². The minimum atomic E-state index is -0.215. The summed E-state index contributed by atoms with van der Waals surface area (Å²) in [7, 11) is 0. The maximum absolute atomic E-state index is 13.3. The van der Waals surface area contributed by atoms with Crippen LogP contribution in [0.4, 0.5) is 0 Å². The van der Waals surface area contributed by atoms with Gasteiger partial charge in [-0.1, -0.05) is 24.3 Å². The van der Waals surface area contributed by atoms with Crippen LogP contribution in [0.5, 0.6) is 0 Å². The Balaban J connectivity index is 1.33. The number of carbonyl (C=O) groups is 1. The van der Waals surface area contributed by atoms with Crippen molar-refractivity contribution in [3.05, 3.63) is 59.0 Å². The van der Waals surface area contributed by atoms with Crippen molar-refractivity contribution in [3.63, 3.8) is 0 Å². The number of hydrogen-bond acceptors (Lipinski definition) is 5. The molecule has 3 aliphatic rings. The molecular formula is C26H29N5O2. The number of amides is 1. The maximum Gasteiger partial charge on any atom is 0.255 e. The smallest absolute Gasteiger partial charge is 0.255 e. The number of benzene rings is 1. The van der Waals surface area contributed by atoms with E-state index in [0.29, 0.717) is 24.0 Å². The summed E-state index contributed by atoms with van der Waals surface area (Å²) in [5, 5.41) is 7.83. The monoisotopic (exact) mass is 443 g/mol. The summed E-state index contributed by atoms with van der Waals surface area (Å²) >= 11 is 0. The minimum Gasteiger partial charge on any atom is -0.375 e. The van der Waals surface area contributed by atoms with Crippen molar-refractivity contribution >= 4 is 5.91 Å². The highest BCUT2D eigenvalue weighted by Gasteiger charge is 2.35. The number of hydrogen-bond donors (Lipinski definition) is 1. The third-order valence-electron chi connectivity index (χ3n) is 7.02. The summed E-state index contributed by atoms with van der Waals surface area (Å²) in [5.74, 6) is 0.805. The summed E-state index contributed by atoms with van der Waals surface area (Å²) < 4.78 is 7.59. The van der Waals surface area contributed by atoms with E-state index < -0.39 is 0 Å². The lowest BCUT2D eigenvalue weighted by atomic mass is 9.90. The zero-order valence-electron chi connectivity index (χ0n) is 19.2. The Hall–Kier alpha value is -3.06. The topological polar surface area (TPSA) is 81.9 Å². The Morgan fingerprint density at radius 3 is 2.76 bits per heavy atom. The highest BCUT2D eigenvalue weighted by Crippen LogP contribution is 2.42. The first-order chi connectivity index (χ1) is 16.0. The second kappa shape index (κ2) is 7.76. The molecule has 1 unspecified atom stereocenters. The molecule has 2 fully saturated rings. The molecule has 1 amide bonds. The molecule has 7 heteroatoms. The number of rotatable bonds is 4. The molecular weight excluding hydrogens is 414 g/mol. The van der Waals surface area contributed by atoms with Gasteiger partial charge in [0.05, 0.1) is 28.7 Å². The van der Waals surface area contributed by atoms with E-state index in [2.05, 4.69) is 53.5 Å². The third kappa shape index (κ3) is 3.84. The van der Waals surface area contributed by atoms with Gasteiger partial charge in [0.15, 0.2) is 0 Å². The number of fused-ring (bicyclic) bond motifs is 3. The number of aromatic nitrogens is 4. The number of carbonyl (C=O) groups excluding carboxylic acids is 1. The van der Waals surface area contributed by atoms with Gasteiger partial charge in [0, 0.05) is 30.3 Å². The van der Waals surface area contributed by atoms with E-state index in [1.54, 1.807) is 10.9 Å². The zero-order chi connectivity index (χ0) is 22.6. The quantitative estimate of drug-likeness (QED) is 0.659. The van der Waals surface area contributed by atoms with E-state index in [1.807, 2.05) is 6.20 Å². The van der Waals surface area contributed by atoms with Gasteiger partial charge >= 0.3 is 0 Å². The predicted molar refractivity (Wildman–Crippen MR) is 124 cm³/mol. The summed E-state index contributed by atoms with van der Waals surface area (Å²) in [6.45, 7) is 4.81. The first kappa shape index (κ1) is 20.5. The zero-order valence-corrected chi connectivity index (χ0v) is 19.2. The molecule has 1 saturated carbocycles. The molecule has 3 aromatic rings. The van der Waals surface area contributed by atoms with Crippen LogP contribution in [0.3, 0.4) is 0 Å². The second-order valence-corrected chi connectivity index (χ2v) is 10.1. The van der Waals surface area contributed by atoms with E-state index in [4.69, 9.17) is 9.72 Å². The third-order valence-corrected chi connectivity index (χ3v) is 7.02. The lowest BCUT2D eigenvalue weighted by Crippen LogP contribution is -2.45. The molecule has 1 atom stereocenters. The van der Waals surface area contributed by atoms with E-state index in [1.165, 1.54) is 11.1 Å². The van der Waals surface area contributed by atoms with Crippen molar-refractivity contribution in [1.29, 1.82) is 0 Å². The standard InChI is InChI=1S/C26H29N5O2/c1-26(2)13-19(11-12-33-26)29-24(32)21-15-28-31(23(21)17-8-9-17)25-27-14-18-10-7-16-5-3-4-6-20(16)22(18)30-25/h3-6,14-15,17,19H,7-13H2,1-2H3,(H,29,32). The van der Waals surface area contributed by atoms with Crippen LogP contribution in [0.15, 0.2) is 36.7 Å². The van der Waals surface area contributed by atoms with Gasteiger partial charge in [0.2, 0.25) is 0 Å². The highest BCUT2D eigenvalue weighted by molar-refractivity contribution is 5.95. The van der Waals surface area contributed by atoms with Crippen LogP contribution in [0.2, 0.25) is 0 Å². The molecule has 0 bridgehead atoms. The van der Waals surface area contributed by atoms with E-state index in [-0.39, 0.29) is 17.6 Å². The summed E-state index contributed by atoms with van der Waals surface area (Å²) in [4.78, 5) is 22.9. The van der Waals surface area contributed by atoms with Gasteiger partial charge in [-0.2, -0.15) is 5.10 Å². The molecule has 170 valence electrons. The van der Waals surface area contributed by atoms with Crippen molar-refractivity contribution in [3.8, 4) is 17.2 Å².